The maximum absolute atomic E-state index is 5.91. The van der Waals surface area contributed by atoms with Crippen molar-refractivity contribution in [3.63, 3.8) is 0 Å². The highest BCUT2D eigenvalue weighted by Gasteiger charge is 2.04. The van der Waals surface area contributed by atoms with Gasteiger partial charge in [0.2, 0.25) is 0 Å². The van der Waals surface area contributed by atoms with Gasteiger partial charge >= 0.3 is 0 Å². The Labute approximate surface area is 118 Å². The lowest BCUT2D eigenvalue weighted by Gasteiger charge is -2.06. The summed E-state index contributed by atoms with van der Waals surface area (Å²) in [5.41, 5.74) is 8.00. The van der Waals surface area contributed by atoms with E-state index in [0.29, 0.717) is 11.6 Å². The number of rotatable bonds is 3. The van der Waals surface area contributed by atoms with Crippen molar-refractivity contribution in [2.75, 3.05) is 5.73 Å². The average molecular weight is 266 g/mol. The van der Waals surface area contributed by atoms with Crippen molar-refractivity contribution < 1.29 is 0 Å². The van der Waals surface area contributed by atoms with E-state index >= 15 is 0 Å². The molecule has 0 fully saturated rings. The summed E-state index contributed by atoms with van der Waals surface area (Å²) in [7, 11) is 0. The number of nitrogens with two attached hydrogens (primary N) is 1. The van der Waals surface area contributed by atoms with Crippen molar-refractivity contribution in [2.24, 2.45) is 0 Å². The second-order valence-electron chi connectivity index (χ2n) is 5.12. The Hall–Kier alpha value is -2.23. The van der Waals surface area contributed by atoms with Crippen molar-refractivity contribution in [3.05, 3.63) is 46.0 Å². The van der Waals surface area contributed by atoms with Gasteiger partial charge in [0.25, 0.3) is 0 Å². The van der Waals surface area contributed by atoms with E-state index in [-0.39, 0.29) is 0 Å². The van der Waals surface area contributed by atoms with Crippen LogP contribution >= 0.6 is 0 Å². The lowest BCUT2D eigenvalue weighted by atomic mass is 10.1. The first-order valence-corrected chi connectivity index (χ1v) is 6.96. The standard InChI is InChI=1S/C16H18N4/c1-11-18-10-14(16(17)20-11)6-7-15-8-12-4-2-3-5-13(12)9-19-15/h4-5,8-10H,2-3,6-7H2,1H3,(H2,17,18,20). The number of anilines is 1. The van der Waals surface area contributed by atoms with Crippen LogP contribution in [-0.2, 0) is 12.8 Å². The van der Waals surface area contributed by atoms with Crippen LogP contribution in [0.3, 0.4) is 0 Å². The molecule has 0 amide bonds. The largest absolute Gasteiger partial charge is 0.383 e. The fraction of sp³-hybridized carbons (Fsp3) is 0.312. The van der Waals surface area contributed by atoms with E-state index in [0.717, 1.165) is 36.9 Å². The third-order valence-corrected chi connectivity index (χ3v) is 3.59. The fourth-order valence-electron chi connectivity index (χ4n) is 2.46. The zero-order valence-corrected chi connectivity index (χ0v) is 11.6. The molecule has 1 aliphatic carbocycles. The van der Waals surface area contributed by atoms with Crippen LogP contribution in [0.15, 0.2) is 18.5 Å². The highest BCUT2D eigenvalue weighted by Crippen LogP contribution is 2.10. The molecule has 4 nitrogen and oxygen atoms in total. The van der Waals surface area contributed by atoms with E-state index in [1.807, 2.05) is 19.3 Å². The maximum Gasteiger partial charge on any atom is 0.130 e. The van der Waals surface area contributed by atoms with Gasteiger partial charge in [-0.05, 0) is 49.1 Å². The first kappa shape index (κ1) is 12.8. The average Bonchev–Trinajstić information content (AvgIpc) is 2.46. The Kier molecular flexibility index (Phi) is 3.46. The fourth-order valence-corrected chi connectivity index (χ4v) is 2.46. The van der Waals surface area contributed by atoms with E-state index in [2.05, 4.69) is 33.2 Å². The van der Waals surface area contributed by atoms with E-state index in [9.17, 15) is 0 Å². The van der Waals surface area contributed by atoms with E-state index in [1.54, 1.807) is 0 Å². The summed E-state index contributed by atoms with van der Waals surface area (Å²) in [6.45, 7) is 1.84. The third-order valence-electron chi connectivity index (χ3n) is 3.59. The van der Waals surface area contributed by atoms with Gasteiger partial charge in [-0.1, -0.05) is 12.2 Å². The molecule has 2 heterocycles. The van der Waals surface area contributed by atoms with Crippen molar-refractivity contribution in [3.8, 4) is 0 Å². The normalized spacial score (nSPS) is 13.2. The zero-order chi connectivity index (χ0) is 13.9. The predicted molar refractivity (Wildman–Crippen MR) is 80.2 cm³/mol. The summed E-state index contributed by atoms with van der Waals surface area (Å²) >= 11 is 0. The molecule has 0 unspecified atom stereocenters. The predicted octanol–water partition coefficient (Wildman–Crippen LogP) is 0.902. The smallest absolute Gasteiger partial charge is 0.130 e. The first-order valence-electron chi connectivity index (χ1n) is 6.96. The summed E-state index contributed by atoms with van der Waals surface area (Å²) in [6, 6.07) is 2.18. The molecular formula is C16H18N4. The number of hydrogen-bond donors (Lipinski definition) is 1. The number of aromatic nitrogens is 3. The van der Waals surface area contributed by atoms with Crippen LogP contribution in [0.5, 0.6) is 0 Å². The Morgan fingerprint density at radius 2 is 1.85 bits per heavy atom. The Balaban J connectivity index is 1.79. The number of fused-ring (bicyclic) bond motifs is 1. The van der Waals surface area contributed by atoms with Crippen LogP contribution in [0.4, 0.5) is 5.82 Å². The number of aryl methyl sites for hydroxylation is 3. The second kappa shape index (κ2) is 5.41. The first-order chi connectivity index (χ1) is 9.72. The van der Waals surface area contributed by atoms with Gasteiger partial charge in [0.1, 0.15) is 11.6 Å². The van der Waals surface area contributed by atoms with Gasteiger partial charge in [-0.2, -0.15) is 0 Å². The molecule has 0 aliphatic heterocycles. The molecule has 1 aliphatic rings. The molecule has 2 aromatic heterocycles. The summed E-state index contributed by atoms with van der Waals surface area (Å²) in [6.07, 6.45) is 12.2. The number of nitrogen functional groups attached to an aromatic ring is 1. The summed E-state index contributed by atoms with van der Waals surface area (Å²) < 4.78 is 0. The van der Waals surface area contributed by atoms with E-state index in [4.69, 9.17) is 5.73 Å². The molecule has 2 N–H and O–H groups in total. The molecular weight excluding hydrogens is 248 g/mol. The molecule has 0 saturated heterocycles. The molecule has 4 heteroatoms. The molecule has 2 aromatic rings. The lowest BCUT2D eigenvalue weighted by molar-refractivity contribution is 0.887. The number of pyridine rings is 1. The van der Waals surface area contributed by atoms with Gasteiger partial charge in [0.05, 0.1) is 0 Å². The molecule has 3 rings (SSSR count). The van der Waals surface area contributed by atoms with E-state index in [1.165, 1.54) is 10.4 Å². The summed E-state index contributed by atoms with van der Waals surface area (Å²) in [4.78, 5) is 12.9. The van der Waals surface area contributed by atoms with Crippen molar-refractivity contribution in [1.29, 1.82) is 0 Å². The second-order valence-corrected chi connectivity index (χ2v) is 5.12. The van der Waals surface area contributed by atoms with Gasteiger partial charge < -0.3 is 5.73 Å². The van der Waals surface area contributed by atoms with Gasteiger partial charge in [-0.15, -0.1) is 0 Å². The molecule has 0 aromatic carbocycles. The highest BCUT2D eigenvalue weighted by atomic mass is 14.9. The molecule has 0 atom stereocenters. The van der Waals surface area contributed by atoms with Crippen LogP contribution in [0.2, 0.25) is 0 Å². The quantitative estimate of drug-likeness (QED) is 0.896. The van der Waals surface area contributed by atoms with Crippen molar-refractivity contribution in [1.82, 2.24) is 15.0 Å². The minimum atomic E-state index is 0.579. The summed E-state index contributed by atoms with van der Waals surface area (Å²) in [5.74, 6) is 1.29. The van der Waals surface area contributed by atoms with Crippen LogP contribution in [0.25, 0.3) is 12.2 Å². The van der Waals surface area contributed by atoms with Crippen molar-refractivity contribution >= 4 is 18.0 Å². The van der Waals surface area contributed by atoms with E-state index < -0.39 is 0 Å². The van der Waals surface area contributed by atoms with Gasteiger partial charge in [-0.25, -0.2) is 9.97 Å². The van der Waals surface area contributed by atoms with Crippen LogP contribution in [0, 0.1) is 6.92 Å². The van der Waals surface area contributed by atoms with Crippen LogP contribution in [0.1, 0.15) is 29.9 Å². The Morgan fingerprint density at radius 1 is 1.05 bits per heavy atom. The molecule has 0 spiro atoms. The number of hydrogen-bond acceptors (Lipinski definition) is 4. The third kappa shape index (κ3) is 2.69. The summed E-state index contributed by atoms with van der Waals surface area (Å²) in [5, 5.41) is 2.55. The Morgan fingerprint density at radius 3 is 2.65 bits per heavy atom. The molecule has 102 valence electrons. The molecule has 20 heavy (non-hydrogen) atoms. The maximum atomic E-state index is 5.91. The monoisotopic (exact) mass is 266 g/mol. The molecule has 0 saturated carbocycles. The topological polar surface area (TPSA) is 64.7 Å². The SMILES string of the molecule is Cc1ncc(CCc2cc3c(cn2)=CCCC=3)c(N)n1. The van der Waals surface area contributed by atoms with Crippen LogP contribution in [-0.4, -0.2) is 15.0 Å². The lowest BCUT2D eigenvalue weighted by Crippen LogP contribution is -2.28. The van der Waals surface area contributed by atoms with Gasteiger partial charge in [0, 0.05) is 23.7 Å². The van der Waals surface area contributed by atoms with Gasteiger partial charge in [0.15, 0.2) is 0 Å². The van der Waals surface area contributed by atoms with Crippen molar-refractivity contribution in [2.45, 2.75) is 32.6 Å². The highest BCUT2D eigenvalue weighted by molar-refractivity contribution is 5.39. The minimum absolute atomic E-state index is 0.579. The molecule has 0 bridgehead atoms. The molecule has 0 radical (unpaired) electrons. The minimum Gasteiger partial charge on any atom is -0.383 e. The zero-order valence-electron chi connectivity index (χ0n) is 11.6. The van der Waals surface area contributed by atoms with Gasteiger partial charge in [-0.3, -0.25) is 4.98 Å². The Bertz CT molecular complexity index is 750. The van der Waals surface area contributed by atoms with Crippen LogP contribution < -0.4 is 16.2 Å². The number of nitrogens with zero attached hydrogens (tertiary/aromatic N) is 3.